The number of benzene rings is 1. The summed E-state index contributed by atoms with van der Waals surface area (Å²) >= 11 is 0. The lowest BCUT2D eigenvalue weighted by molar-refractivity contribution is -0.268. The highest BCUT2D eigenvalue weighted by molar-refractivity contribution is 5.88. The zero-order chi connectivity index (χ0) is 9.14. The van der Waals surface area contributed by atoms with Gasteiger partial charge >= 0.3 is 0 Å². The molecule has 0 saturated heterocycles. The van der Waals surface area contributed by atoms with Crippen LogP contribution in [0.4, 0.5) is 0 Å². The SMILES string of the molecule is Cc1cc(C=O)c([O-])c(C=O)c1. The second-order valence-electron chi connectivity index (χ2n) is 2.51. The monoisotopic (exact) mass is 163 g/mol. The first-order valence-corrected chi connectivity index (χ1v) is 3.41. The lowest BCUT2D eigenvalue weighted by atomic mass is 10.1. The lowest BCUT2D eigenvalue weighted by Crippen LogP contribution is -2.01. The van der Waals surface area contributed by atoms with Crippen molar-refractivity contribution in [3.63, 3.8) is 0 Å². The van der Waals surface area contributed by atoms with Crippen LogP contribution in [0.1, 0.15) is 26.3 Å². The van der Waals surface area contributed by atoms with Crippen molar-refractivity contribution in [2.45, 2.75) is 6.92 Å². The fourth-order valence-corrected chi connectivity index (χ4v) is 1.01. The minimum absolute atomic E-state index is 0.0390. The van der Waals surface area contributed by atoms with E-state index in [9.17, 15) is 14.7 Å². The zero-order valence-corrected chi connectivity index (χ0v) is 6.53. The number of carbonyl (C=O) groups excluding carboxylic acids is 2. The van der Waals surface area contributed by atoms with Crippen LogP contribution < -0.4 is 5.11 Å². The van der Waals surface area contributed by atoms with E-state index in [1.165, 1.54) is 12.1 Å². The molecule has 0 fully saturated rings. The maximum absolute atomic E-state index is 11.1. The number of rotatable bonds is 2. The van der Waals surface area contributed by atoms with Gasteiger partial charge in [0.15, 0.2) is 0 Å². The van der Waals surface area contributed by atoms with Gasteiger partial charge in [-0.2, -0.15) is 0 Å². The Hall–Kier alpha value is -1.64. The van der Waals surface area contributed by atoms with Gasteiger partial charge in [-0.25, -0.2) is 0 Å². The average Bonchev–Trinajstić information content (AvgIpc) is 2.08. The van der Waals surface area contributed by atoms with Gasteiger partial charge in [0, 0.05) is 11.1 Å². The fraction of sp³-hybridized carbons (Fsp3) is 0.111. The van der Waals surface area contributed by atoms with Gasteiger partial charge in [-0.05, 0) is 24.6 Å². The van der Waals surface area contributed by atoms with Crippen molar-refractivity contribution in [2.75, 3.05) is 0 Å². The van der Waals surface area contributed by atoms with Crippen molar-refractivity contribution in [2.24, 2.45) is 0 Å². The normalized spacial score (nSPS) is 9.42. The van der Waals surface area contributed by atoms with Crippen LogP contribution in [0.25, 0.3) is 0 Å². The van der Waals surface area contributed by atoms with Crippen molar-refractivity contribution in [3.05, 3.63) is 28.8 Å². The van der Waals surface area contributed by atoms with Crippen LogP contribution >= 0.6 is 0 Å². The smallest absolute Gasteiger partial charge is 0.149 e. The zero-order valence-electron chi connectivity index (χ0n) is 6.53. The molecule has 0 radical (unpaired) electrons. The minimum Gasteiger partial charge on any atom is -0.871 e. The Balaban J connectivity index is 3.41. The molecule has 0 saturated carbocycles. The van der Waals surface area contributed by atoms with Crippen molar-refractivity contribution < 1.29 is 14.7 Å². The van der Waals surface area contributed by atoms with Crippen LogP contribution in [-0.2, 0) is 0 Å². The molecule has 0 amide bonds. The first-order chi connectivity index (χ1) is 5.69. The second kappa shape index (κ2) is 3.17. The number of aldehydes is 2. The maximum Gasteiger partial charge on any atom is 0.149 e. The van der Waals surface area contributed by atoms with E-state index in [1.807, 2.05) is 0 Å². The van der Waals surface area contributed by atoms with E-state index in [0.717, 1.165) is 5.56 Å². The third-order valence-electron chi connectivity index (χ3n) is 1.54. The third kappa shape index (κ3) is 1.34. The van der Waals surface area contributed by atoms with Gasteiger partial charge in [0.2, 0.25) is 0 Å². The summed E-state index contributed by atoms with van der Waals surface area (Å²) in [5.74, 6) is -0.495. The molecular weight excluding hydrogens is 156 g/mol. The van der Waals surface area contributed by atoms with Gasteiger partial charge in [0.05, 0.1) is 0 Å². The summed E-state index contributed by atoms with van der Waals surface area (Å²) in [6.45, 7) is 1.72. The Morgan fingerprint density at radius 3 is 1.92 bits per heavy atom. The summed E-state index contributed by atoms with van der Waals surface area (Å²) in [6.07, 6.45) is 0.921. The molecule has 3 nitrogen and oxygen atoms in total. The molecule has 0 heterocycles. The van der Waals surface area contributed by atoms with E-state index < -0.39 is 5.75 Å². The highest BCUT2D eigenvalue weighted by atomic mass is 16.3. The topological polar surface area (TPSA) is 57.2 Å². The standard InChI is InChI=1S/C9H8O3/c1-6-2-7(4-10)9(12)8(3-6)5-11/h2-5,12H,1H3/p-1. The first-order valence-electron chi connectivity index (χ1n) is 3.41. The number of aryl methyl sites for hydroxylation is 1. The maximum atomic E-state index is 11.1. The minimum atomic E-state index is -0.495. The highest BCUT2D eigenvalue weighted by Gasteiger charge is 1.99. The molecule has 62 valence electrons. The van der Waals surface area contributed by atoms with Crippen molar-refractivity contribution in [1.29, 1.82) is 0 Å². The van der Waals surface area contributed by atoms with Gasteiger partial charge in [-0.1, -0.05) is 5.75 Å². The molecule has 3 heteroatoms. The van der Waals surface area contributed by atoms with Gasteiger partial charge < -0.3 is 5.11 Å². The molecule has 1 rings (SSSR count). The Kier molecular flexibility index (Phi) is 2.24. The molecule has 0 aliphatic heterocycles. The molecule has 0 atom stereocenters. The lowest BCUT2D eigenvalue weighted by Gasteiger charge is -2.12. The van der Waals surface area contributed by atoms with Gasteiger partial charge in [-0.15, -0.1) is 0 Å². The quantitative estimate of drug-likeness (QED) is 0.603. The van der Waals surface area contributed by atoms with Crippen molar-refractivity contribution >= 4 is 12.6 Å². The van der Waals surface area contributed by atoms with Crippen LogP contribution in [-0.4, -0.2) is 12.6 Å². The Morgan fingerprint density at radius 2 is 1.58 bits per heavy atom. The number of hydrogen-bond acceptors (Lipinski definition) is 3. The van der Waals surface area contributed by atoms with Crippen LogP contribution in [0.5, 0.6) is 5.75 Å². The highest BCUT2D eigenvalue weighted by Crippen LogP contribution is 2.18. The average molecular weight is 163 g/mol. The molecule has 0 spiro atoms. The van der Waals surface area contributed by atoms with E-state index in [-0.39, 0.29) is 11.1 Å². The summed E-state index contributed by atoms with van der Waals surface area (Å²) in [5.41, 5.74) is 0.813. The Bertz CT molecular complexity index is 300. The molecule has 0 bridgehead atoms. The predicted molar refractivity (Wildman–Crippen MR) is 41.4 cm³/mol. The molecule has 0 N–H and O–H groups in total. The number of hydrogen-bond donors (Lipinski definition) is 0. The fourth-order valence-electron chi connectivity index (χ4n) is 1.01. The van der Waals surface area contributed by atoms with Crippen LogP contribution in [0.3, 0.4) is 0 Å². The largest absolute Gasteiger partial charge is 0.871 e. The summed E-state index contributed by atoms with van der Waals surface area (Å²) in [7, 11) is 0. The Morgan fingerprint density at radius 1 is 1.17 bits per heavy atom. The van der Waals surface area contributed by atoms with E-state index in [4.69, 9.17) is 0 Å². The Labute approximate surface area is 69.6 Å². The molecule has 0 unspecified atom stereocenters. The van der Waals surface area contributed by atoms with E-state index >= 15 is 0 Å². The molecule has 1 aromatic carbocycles. The van der Waals surface area contributed by atoms with Gasteiger partial charge in [0.1, 0.15) is 12.6 Å². The van der Waals surface area contributed by atoms with E-state index in [2.05, 4.69) is 0 Å². The number of carbonyl (C=O) groups is 2. The summed E-state index contributed by atoms with van der Waals surface area (Å²) in [4.78, 5) is 20.7. The van der Waals surface area contributed by atoms with Gasteiger partial charge in [0.25, 0.3) is 0 Å². The third-order valence-corrected chi connectivity index (χ3v) is 1.54. The first kappa shape index (κ1) is 8.46. The van der Waals surface area contributed by atoms with Crippen molar-refractivity contribution in [1.82, 2.24) is 0 Å². The van der Waals surface area contributed by atoms with E-state index in [0.29, 0.717) is 12.6 Å². The molecule has 0 aliphatic carbocycles. The van der Waals surface area contributed by atoms with Crippen LogP contribution in [0, 0.1) is 6.92 Å². The summed E-state index contributed by atoms with van der Waals surface area (Å²) < 4.78 is 0. The summed E-state index contributed by atoms with van der Waals surface area (Å²) in [6, 6.07) is 2.92. The molecule has 0 aromatic heterocycles. The predicted octanol–water partition coefficient (Wildman–Crippen LogP) is 0.694. The molecule has 12 heavy (non-hydrogen) atoms. The molecular formula is C9H7O3-. The van der Waals surface area contributed by atoms with Crippen LogP contribution in [0.2, 0.25) is 0 Å². The molecule has 1 aromatic rings. The van der Waals surface area contributed by atoms with Crippen LogP contribution in [0.15, 0.2) is 12.1 Å². The summed E-state index contributed by atoms with van der Waals surface area (Å²) in [5, 5.41) is 11.1. The second-order valence-corrected chi connectivity index (χ2v) is 2.51. The molecule has 0 aliphatic rings. The van der Waals surface area contributed by atoms with E-state index in [1.54, 1.807) is 6.92 Å². The van der Waals surface area contributed by atoms with Crippen molar-refractivity contribution in [3.8, 4) is 5.75 Å². The van der Waals surface area contributed by atoms with Gasteiger partial charge in [-0.3, -0.25) is 9.59 Å².